The molecule has 1 atom stereocenters. The van der Waals surface area contributed by atoms with Crippen molar-refractivity contribution in [1.82, 2.24) is 9.55 Å². The summed E-state index contributed by atoms with van der Waals surface area (Å²) in [5, 5.41) is 12.2. The van der Waals surface area contributed by atoms with Gasteiger partial charge in [-0.3, -0.25) is 0 Å². The van der Waals surface area contributed by atoms with E-state index in [9.17, 15) is 5.11 Å². The monoisotopic (exact) mass is 300 g/mol. The Morgan fingerprint density at radius 3 is 3.06 bits per heavy atom. The van der Waals surface area contributed by atoms with E-state index in [0.29, 0.717) is 0 Å². The first-order chi connectivity index (χ1) is 7.74. The third-order valence-corrected chi connectivity index (χ3v) is 4.31. The minimum absolute atomic E-state index is 0.594. The van der Waals surface area contributed by atoms with Crippen LogP contribution in [0.4, 0.5) is 0 Å². The first-order valence-corrected chi connectivity index (χ1v) is 6.82. The lowest BCUT2D eigenvalue weighted by molar-refractivity contribution is 0.213. The second-order valence-electron chi connectivity index (χ2n) is 3.55. The van der Waals surface area contributed by atoms with Crippen LogP contribution in [0.2, 0.25) is 0 Å². The van der Waals surface area contributed by atoms with Crippen molar-refractivity contribution in [1.29, 1.82) is 0 Å². The van der Waals surface area contributed by atoms with Gasteiger partial charge in [0.25, 0.3) is 0 Å². The smallest absolute Gasteiger partial charge is 0.131 e. The number of aromatic nitrogens is 2. The second kappa shape index (κ2) is 5.12. The van der Waals surface area contributed by atoms with Crippen molar-refractivity contribution in [3.8, 4) is 0 Å². The maximum Gasteiger partial charge on any atom is 0.131 e. The van der Waals surface area contributed by atoms with E-state index in [1.807, 2.05) is 16.0 Å². The van der Waals surface area contributed by atoms with Crippen molar-refractivity contribution in [2.75, 3.05) is 0 Å². The van der Waals surface area contributed by atoms with Crippen LogP contribution >= 0.6 is 27.3 Å². The quantitative estimate of drug-likeness (QED) is 0.941. The van der Waals surface area contributed by atoms with Crippen molar-refractivity contribution in [3.63, 3.8) is 0 Å². The van der Waals surface area contributed by atoms with Gasteiger partial charge >= 0.3 is 0 Å². The predicted octanol–water partition coefficient (Wildman–Crippen LogP) is 3.20. The number of thiophene rings is 1. The van der Waals surface area contributed by atoms with Gasteiger partial charge in [0.2, 0.25) is 0 Å². The minimum atomic E-state index is -0.594. The number of hydrogen-bond donors (Lipinski definition) is 1. The first-order valence-electron chi connectivity index (χ1n) is 5.15. The molecule has 0 aliphatic heterocycles. The van der Waals surface area contributed by atoms with Gasteiger partial charge in [-0.2, -0.15) is 0 Å². The normalized spacial score (nSPS) is 12.9. The molecule has 3 nitrogen and oxygen atoms in total. The van der Waals surface area contributed by atoms with Crippen LogP contribution in [0, 0.1) is 0 Å². The van der Waals surface area contributed by atoms with E-state index in [2.05, 4.69) is 27.8 Å². The SMILES string of the molecule is CCCn1cncc1C(O)c1sccc1Br. The summed E-state index contributed by atoms with van der Waals surface area (Å²) in [5.41, 5.74) is 0.852. The Hall–Kier alpha value is -0.650. The molecule has 0 aromatic carbocycles. The molecule has 2 heterocycles. The fraction of sp³-hybridized carbons (Fsp3) is 0.364. The first kappa shape index (κ1) is 11.8. The van der Waals surface area contributed by atoms with E-state index in [0.717, 1.165) is 28.0 Å². The molecule has 0 aliphatic carbocycles. The van der Waals surface area contributed by atoms with E-state index in [-0.39, 0.29) is 0 Å². The Bertz CT molecular complexity index is 466. The summed E-state index contributed by atoms with van der Waals surface area (Å²) in [4.78, 5) is 5.02. The second-order valence-corrected chi connectivity index (χ2v) is 5.35. The number of imidazole rings is 1. The molecule has 1 unspecified atom stereocenters. The Labute approximate surface area is 107 Å². The predicted molar refractivity (Wildman–Crippen MR) is 68.6 cm³/mol. The molecule has 0 saturated heterocycles. The highest BCUT2D eigenvalue weighted by Crippen LogP contribution is 2.32. The standard InChI is InChI=1S/C11H13BrN2OS/c1-2-4-14-7-13-6-9(14)10(15)11-8(12)3-5-16-11/h3,5-7,10,15H,2,4H2,1H3. The van der Waals surface area contributed by atoms with Crippen LogP contribution < -0.4 is 0 Å². The highest BCUT2D eigenvalue weighted by atomic mass is 79.9. The van der Waals surface area contributed by atoms with Crippen molar-refractivity contribution < 1.29 is 5.11 Å². The zero-order valence-corrected chi connectivity index (χ0v) is 11.3. The molecule has 0 aliphatic rings. The van der Waals surface area contributed by atoms with E-state index in [1.54, 1.807) is 23.9 Å². The average molecular weight is 301 g/mol. The topological polar surface area (TPSA) is 38.0 Å². The molecule has 0 spiro atoms. The van der Waals surface area contributed by atoms with Gasteiger partial charge in [0, 0.05) is 11.0 Å². The maximum atomic E-state index is 10.3. The van der Waals surface area contributed by atoms with Crippen molar-refractivity contribution in [2.45, 2.75) is 26.0 Å². The van der Waals surface area contributed by atoms with E-state index >= 15 is 0 Å². The highest BCUT2D eigenvalue weighted by Gasteiger charge is 2.18. The van der Waals surface area contributed by atoms with Gasteiger partial charge in [-0.1, -0.05) is 6.92 Å². The van der Waals surface area contributed by atoms with Crippen LogP contribution in [0.3, 0.4) is 0 Å². The van der Waals surface area contributed by atoms with Gasteiger partial charge in [0.05, 0.1) is 23.1 Å². The molecule has 86 valence electrons. The summed E-state index contributed by atoms with van der Waals surface area (Å²) >= 11 is 4.98. The largest absolute Gasteiger partial charge is 0.381 e. The van der Waals surface area contributed by atoms with Gasteiger partial charge in [0.1, 0.15) is 6.10 Å². The zero-order chi connectivity index (χ0) is 11.5. The molecule has 0 bridgehead atoms. The van der Waals surface area contributed by atoms with Crippen molar-refractivity contribution in [2.24, 2.45) is 0 Å². The third-order valence-electron chi connectivity index (χ3n) is 2.38. The summed E-state index contributed by atoms with van der Waals surface area (Å²) in [6.45, 7) is 2.99. The van der Waals surface area contributed by atoms with Gasteiger partial charge in [-0.15, -0.1) is 11.3 Å². The molecule has 1 N–H and O–H groups in total. The summed E-state index contributed by atoms with van der Waals surface area (Å²) in [6.07, 6.45) is 3.93. The lowest BCUT2D eigenvalue weighted by atomic mass is 10.2. The molecule has 2 aromatic heterocycles. The summed E-state index contributed by atoms with van der Waals surface area (Å²) in [5.74, 6) is 0. The number of hydrogen-bond acceptors (Lipinski definition) is 3. The average Bonchev–Trinajstić information content (AvgIpc) is 2.87. The molecular weight excluding hydrogens is 288 g/mol. The van der Waals surface area contributed by atoms with Gasteiger partial charge < -0.3 is 9.67 Å². The number of aliphatic hydroxyl groups excluding tert-OH is 1. The van der Waals surface area contributed by atoms with Crippen LogP contribution in [0.15, 0.2) is 28.4 Å². The molecule has 0 amide bonds. The lowest BCUT2D eigenvalue weighted by Gasteiger charge is -2.12. The Balaban J connectivity index is 2.30. The molecule has 16 heavy (non-hydrogen) atoms. The molecule has 5 heteroatoms. The van der Waals surface area contributed by atoms with Gasteiger partial charge in [-0.05, 0) is 33.8 Å². The third kappa shape index (κ3) is 2.21. The maximum absolute atomic E-state index is 10.3. The van der Waals surface area contributed by atoms with Crippen LogP contribution in [0.1, 0.15) is 30.0 Å². The van der Waals surface area contributed by atoms with Crippen LogP contribution in [-0.2, 0) is 6.54 Å². The highest BCUT2D eigenvalue weighted by molar-refractivity contribution is 9.10. The lowest BCUT2D eigenvalue weighted by Crippen LogP contribution is -2.07. The summed E-state index contributed by atoms with van der Waals surface area (Å²) in [6, 6.07) is 1.95. The number of rotatable bonds is 4. The number of aliphatic hydroxyl groups is 1. The van der Waals surface area contributed by atoms with Crippen LogP contribution in [0.25, 0.3) is 0 Å². The van der Waals surface area contributed by atoms with E-state index < -0.39 is 6.10 Å². The minimum Gasteiger partial charge on any atom is -0.381 e. The number of aryl methyl sites for hydroxylation is 1. The molecule has 0 fully saturated rings. The van der Waals surface area contributed by atoms with Crippen molar-refractivity contribution in [3.05, 3.63) is 39.0 Å². The molecule has 0 radical (unpaired) electrons. The number of nitrogens with zero attached hydrogens (tertiary/aromatic N) is 2. The van der Waals surface area contributed by atoms with E-state index in [4.69, 9.17) is 0 Å². The van der Waals surface area contributed by atoms with Crippen molar-refractivity contribution >= 4 is 27.3 Å². The summed E-state index contributed by atoms with van der Waals surface area (Å²) in [7, 11) is 0. The van der Waals surface area contributed by atoms with Crippen LogP contribution in [-0.4, -0.2) is 14.7 Å². The van der Waals surface area contributed by atoms with Crippen LogP contribution in [0.5, 0.6) is 0 Å². The Kier molecular flexibility index (Phi) is 3.78. The molecular formula is C11H13BrN2OS. The number of halogens is 1. The fourth-order valence-electron chi connectivity index (χ4n) is 1.62. The fourth-order valence-corrected chi connectivity index (χ4v) is 3.21. The Morgan fingerprint density at radius 1 is 1.62 bits per heavy atom. The van der Waals surface area contributed by atoms with E-state index in [1.165, 1.54) is 0 Å². The zero-order valence-electron chi connectivity index (χ0n) is 8.93. The van der Waals surface area contributed by atoms with Gasteiger partial charge in [0.15, 0.2) is 0 Å². The summed E-state index contributed by atoms with van der Waals surface area (Å²) < 4.78 is 2.95. The Morgan fingerprint density at radius 2 is 2.44 bits per heavy atom. The molecule has 0 saturated carbocycles. The molecule has 2 aromatic rings. The van der Waals surface area contributed by atoms with Gasteiger partial charge in [-0.25, -0.2) is 4.98 Å². The molecule has 2 rings (SSSR count).